The van der Waals surface area contributed by atoms with Crippen LogP contribution in [0.15, 0.2) is 199 Å². The topological polar surface area (TPSA) is 31.0 Å². The van der Waals surface area contributed by atoms with Gasteiger partial charge in [0, 0.05) is 27.1 Å². The standard InChI is InChI=1S/C51H32N2O/c1-3-13-33(14-4-1)37-31-46(34-15-5-2-6-16-34)52-51(32-37)53-47-23-9-7-17-42(47)44-29-35(25-27-48(44)53)38-19-11-22-41-39(20-12-21-40(38)41)36-26-28-50-45(30-36)43-18-8-10-24-49(43)54-50/h1-32H. The summed E-state index contributed by atoms with van der Waals surface area (Å²) in [6.45, 7) is 0. The molecule has 0 N–H and O–H groups in total. The second-order valence-electron chi connectivity index (χ2n) is 13.9. The summed E-state index contributed by atoms with van der Waals surface area (Å²) in [6, 6.07) is 69.2. The Morgan fingerprint density at radius 1 is 0.333 bits per heavy atom. The number of benzene rings is 8. The number of fused-ring (bicyclic) bond motifs is 7. The Hall–Kier alpha value is -7.23. The fraction of sp³-hybridized carbons (Fsp3) is 0. The summed E-state index contributed by atoms with van der Waals surface area (Å²) in [5.74, 6) is 0.895. The number of hydrogen-bond acceptors (Lipinski definition) is 2. The summed E-state index contributed by atoms with van der Waals surface area (Å²) >= 11 is 0. The van der Waals surface area contributed by atoms with Gasteiger partial charge in [0.05, 0.1) is 16.7 Å². The van der Waals surface area contributed by atoms with Crippen LogP contribution < -0.4 is 0 Å². The molecule has 0 unspecified atom stereocenters. The van der Waals surface area contributed by atoms with Crippen molar-refractivity contribution in [3.63, 3.8) is 0 Å². The van der Waals surface area contributed by atoms with E-state index < -0.39 is 0 Å². The van der Waals surface area contributed by atoms with Crippen molar-refractivity contribution in [1.82, 2.24) is 9.55 Å². The van der Waals surface area contributed by atoms with Crippen LogP contribution in [0.1, 0.15) is 0 Å². The summed E-state index contributed by atoms with van der Waals surface area (Å²) in [5.41, 5.74) is 13.2. The van der Waals surface area contributed by atoms with E-state index in [9.17, 15) is 0 Å². The molecule has 0 atom stereocenters. The third-order valence-corrected chi connectivity index (χ3v) is 10.8. The van der Waals surface area contributed by atoms with Gasteiger partial charge in [-0.1, -0.05) is 146 Å². The van der Waals surface area contributed by atoms with E-state index in [0.717, 1.165) is 61.2 Å². The van der Waals surface area contributed by atoms with Crippen LogP contribution >= 0.6 is 0 Å². The fourth-order valence-corrected chi connectivity index (χ4v) is 8.28. The van der Waals surface area contributed by atoms with Crippen LogP contribution in [0.25, 0.3) is 105 Å². The van der Waals surface area contributed by atoms with E-state index in [-0.39, 0.29) is 0 Å². The van der Waals surface area contributed by atoms with Gasteiger partial charge in [0.25, 0.3) is 0 Å². The third-order valence-electron chi connectivity index (χ3n) is 10.8. The van der Waals surface area contributed by atoms with Gasteiger partial charge in [0.15, 0.2) is 0 Å². The van der Waals surface area contributed by atoms with Gasteiger partial charge in [0.1, 0.15) is 17.0 Å². The van der Waals surface area contributed by atoms with Crippen LogP contribution in [0.4, 0.5) is 0 Å². The van der Waals surface area contributed by atoms with Gasteiger partial charge in [-0.2, -0.15) is 0 Å². The second-order valence-corrected chi connectivity index (χ2v) is 13.9. The summed E-state index contributed by atoms with van der Waals surface area (Å²) in [4.78, 5) is 5.32. The van der Waals surface area contributed by atoms with Crippen LogP contribution in [0, 0.1) is 0 Å². The van der Waals surface area contributed by atoms with E-state index in [1.54, 1.807) is 0 Å². The SMILES string of the molecule is c1ccc(-c2cc(-c3ccccc3)nc(-n3c4ccccc4c4cc(-c5cccc6c(-c7ccc8oc9ccccc9c8c7)cccc56)ccc43)c2)cc1. The first kappa shape index (κ1) is 30.4. The van der Waals surface area contributed by atoms with Crippen molar-refractivity contribution in [3.8, 4) is 50.5 Å². The number of pyridine rings is 1. The molecule has 3 nitrogen and oxygen atoms in total. The van der Waals surface area contributed by atoms with Gasteiger partial charge < -0.3 is 4.42 Å². The number of para-hydroxylation sites is 2. The van der Waals surface area contributed by atoms with Crippen molar-refractivity contribution >= 4 is 54.5 Å². The number of furan rings is 1. The molecule has 0 aliphatic rings. The minimum absolute atomic E-state index is 0.895. The molecule has 3 aromatic heterocycles. The van der Waals surface area contributed by atoms with Crippen molar-refractivity contribution in [3.05, 3.63) is 194 Å². The van der Waals surface area contributed by atoms with Crippen LogP contribution in [0.5, 0.6) is 0 Å². The number of nitrogens with zero attached hydrogens (tertiary/aromatic N) is 2. The van der Waals surface area contributed by atoms with E-state index in [1.807, 2.05) is 18.2 Å². The Bertz CT molecular complexity index is 3150. The molecule has 11 aromatic rings. The number of rotatable bonds is 5. The van der Waals surface area contributed by atoms with E-state index >= 15 is 0 Å². The lowest BCUT2D eigenvalue weighted by atomic mass is 9.92. The molecule has 0 saturated heterocycles. The number of hydrogen-bond donors (Lipinski definition) is 0. The van der Waals surface area contributed by atoms with Crippen molar-refractivity contribution < 1.29 is 4.42 Å². The lowest BCUT2D eigenvalue weighted by molar-refractivity contribution is 0.669. The highest BCUT2D eigenvalue weighted by Crippen LogP contribution is 2.40. The summed E-state index contributed by atoms with van der Waals surface area (Å²) < 4.78 is 8.47. The smallest absolute Gasteiger partial charge is 0.138 e. The quantitative estimate of drug-likeness (QED) is 0.180. The van der Waals surface area contributed by atoms with Crippen molar-refractivity contribution in [2.24, 2.45) is 0 Å². The molecule has 54 heavy (non-hydrogen) atoms. The Morgan fingerprint density at radius 3 is 1.67 bits per heavy atom. The molecule has 3 heteroatoms. The zero-order valence-electron chi connectivity index (χ0n) is 29.3. The molecular weight excluding hydrogens is 657 g/mol. The summed E-state index contributed by atoms with van der Waals surface area (Å²) in [7, 11) is 0. The average molecular weight is 689 g/mol. The lowest BCUT2D eigenvalue weighted by Crippen LogP contribution is -2.00. The van der Waals surface area contributed by atoms with Gasteiger partial charge in [0.2, 0.25) is 0 Å². The molecule has 0 radical (unpaired) electrons. The molecular formula is C51H32N2O. The van der Waals surface area contributed by atoms with Crippen LogP contribution in [0.2, 0.25) is 0 Å². The van der Waals surface area contributed by atoms with Gasteiger partial charge in [-0.05, 0) is 92.7 Å². The molecule has 0 aliphatic carbocycles. The maximum Gasteiger partial charge on any atom is 0.138 e. The van der Waals surface area contributed by atoms with E-state index in [2.05, 4.69) is 180 Å². The normalized spacial score (nSPS) is 11.7. The molecule has 3 heterocycles. The molecule has 11 rings (SSSR count). The average Bonchev–Trinajstić information content (AvgIpc) is 3.79. The predicted molar refractivity (Wildman–Crippen MR) is 225 cm³/mol. The molecule has 0 spiro atoms. The highest BCUT2D eigenvalue weighted by Gasteiger charge is 2.18. The zero-order valence-corrected chi connectivity index (χ0v) is 29.3. The van der Waals surface area contributed by atoms with Gasteiger partial charge >= 0.3 is 0 Å². The maximum atomic E-state index is 6.15. The Labute approximate surface area is 312 Å². The molecule has 0 bridgehead atoms. The van der Waals surface area contributed by atoms with Crippen molar-refractivity contribution in [1.29, 1.82) is 0 Å². The predicted octanol–water partition coefficient (Wildman–Crippen LogP) is 13.9. The maximum absolute atomic E-state index is 6.15. The second kappa shape index (κ2) is 12.2. The van der Waals surface area contributed by atoms with E-state index in [0.29, 0.717) is 0 Å². The third kappa shape index (κ3) is 4.87. The van der Waals surface area contributed by atoms with Crippen molar-refractivity contribution in [2.45, 2.75) is 0 Å². The Balaban J connectivity index is 1.09. The lowest BCUT2D eigenvalue weighted by Gasteiger charge is -2.13. The van der Waals surface area contributed by atoms with Gasteiger partial charge in [-0.25, -0.2) is 4.98 Å². The largest absolute Gasteiger partial charge is 0.456 e. The molecule has 0 fully saturated rings. The van der Waals surface area contributed by atoms with E-state index in [4.69, 9.17) is 9.40 Å². The summed E-state index contributed by atoms with van der Waals surface area (Å²) in [6.07, 6.45) is 0. The first-order valence-corrected chi connectivity index (χ1v) is 18.4. The first-order chi connectivity index (χ1) is 26.8. The molecule has 8 aromatic carbocycles. The Kier molecular flexibility index (Phi) is 6.86. The highest BCUT2D eigenvalue weighted by atomic mass is 16.3. The van der Waals surface area contributed by atoms with Crippen LogP contribution in [-0.2, 0) is 0 Å². The molecule has 0 amide bonds. The number of aromatic nitrogens is 2. The summed E-state index contributed by atoms with van der Waals surface area (Å²) in [5, 5.41) is 7.12. The van der Waals surface area contributed by atoms with E-state index in [1.165, 1.54) is 43.8 Å². The monoisotopic (exact) mass is 688 g/mol. The minimum atomic E-state index is 0.895. The van der Waals surface area contributed by atoms with Crippen LogP contribution in [0.3, 0.4) is 0 Å². The van der Waals surface area contributed by atoms with Crippen molar-refractivity contribution in [2.75, 3.05) is 0 Å². The molecule has 0 aliphatic heterocycles. The first-order valence-electron chi connectivity index (χ1n) is 18.4. The Morgan fingerprint density at radius 2 is 0.907 bits per heavy atom. The zero-order chi connectivity index (χ0) is 35.6. The minimum Gasteiger partial charge on any atom is -0.456 e. The highest BCUT2D eigenvalue weighted by molar-refractivity contribution is 6.13. The molecule has 252 valence electrons. The van der Waals surface area contributed by atoms with Crippen LogP contribution in [-0.4, -0.2) is 9.55 Å². The molecule has 0 saturated carbocycles. The van der Waals surface area contributed by atoms with Gasteiger partial charge in [-0.3, -0.25) is 4.57 Å². The fourth-order valence-electron chi connectivity index (χ4n) is 8.28. The van der Waals surface area contributed by atoms with Gasteiger partial charge in [-0.15, -0.1) is 0 Å².